The number of carbonyl (C=O) groups is 1. The highest BCUT2D eigenvalue weighted by molar-refractivity contribution is 5.87. The molecule has 108 valence electrons. The fraction of sp³-hybridized carbons (Fsp3) is 0.0714. The minimum atomic E-state index is -1.08. The molecule has 2 aromatic rings. The summed E-state index contributed by atoms with van der Waals surface area (Å²) in [7, 11) is 0. The van der Waals surface area contributed by atoms with Crippen LogP contribution < -0.4 is 4.74 Å². The Labute approximate surface area is 118 Å². The molecular formula is C14H10FNO5. The summed E-state index contributed by atoms with van der Waals surface area (Å²) in [5.41, 5.74) is -0.132. The van der Waals surface area contributed by atoms with Gasteiger partial charge in [-0.3, -0.25) is 10.1 Å². The molecule has 2 aromatic carbocycles. The quantitative estimate of drug-likeness (QED) is 0.675. The smallest absolute Gasteiger partial charge is 0.335 e. The number of benzene rings is 2. The summed E-state index contributed by atoms with van der Waals surface area (Å²) in [5, 5.41) is 19.3. The first-order valence-electron chi connectivity index (χ1n) is 5.86. The van der Waals surface area contributed by atoms with Gasteiger partial charge in [-0.15, -0.1) is 0 Å². The van der Waals surface area contributed by atoms with Crippen molar-refractivity contribution in [2.45, 2.75) is 6.61 Å². The van der Waals surface area contributed by atoms with Crippen LogP contribution >= 0.6 is 0 Å². The molecule has 0 aliphatic rings. The number of ether oxygens (including phenoxy) is 1. The second-order valence-electron chi connectivity index (χ2n) is 4.16. The van der Waals surface area contributed by atoms with Crippen LogP contribution in [0.3, 0.4) is 0 Å². The summed E-state index contributed by atoms with van der Waals surface area (Å²) >= 11 is 0. The van der Waals surface area contributed by atoms with E-state index < -0.39 is 22.4 Å². The Hall–Kier alpha value is -2.96. The lowest BCUT2D eigenvalue weighted by Gasteiger charge is -2.07. The highest BCUT2D eigenvalue weighted by Gasteiger charge is 2.14. The number of nitro groups is 1. The van der Waals surface area contributed by atoms with Gasteiger partial charge in [0, 0.05) is 6.07 Å². The number of nitro benzene ring substituents is 1. The number of nitrogens with zero attached hydrogens (tertiary/aromatic N) is 1. The molecule has 0 radical (unpaired) electrons. The molecule has 0 heterocycles. The van der Waals surface area contributed by atoms with Crippen LogP contribution in [0.25, 0.3) is 0 Å². The molecule has 0 fully saturated rings. The monoisotopic (exact) mass is 291 g/mol. The first-order chi connectivity index (χ1) is 9.97. The van der Waals surface area contributed by atoms with Gasteiger partial charge >= 0.3 is 11.7 Å². The molecule has 0 saturated carbocycles. The SMILES string of the molecule is O=C(O)c1cccc(OCc2ccc([N+](=O)[O-])c(F)c2)c1. The third-order valence-electron chi connectivity index (χ3n) is 2.70. The molecule has 21 heavy (non-hydrogen) atoms. The zero-order chi connectivity index (χ0) is 15.4. The van der Waals surface area contributed by atoms with Crippen LogP contribution in [0.4, 0.5) is 10.1 Å². The molecule has 0 atom stereocenters. The van der Waals surface area contributed by atoms with E-state index in [1.165, 1.54) is 24.3 Å². The maximum Gasteiger partial charge on any atom is 0.335 e. The standard InChI is InChI=1S/C14H10FNO5/c15-12-6-9(4-5-13(12)16(19)20)8-21-11-3-1-2-10(7-11)14(17)18/h1-7H,8H2,(H,17,18). The summed E-state index contributed by atoms with van der Waals surface area (Å²) in [4.78, 5) is 20.5. The summed E-state index contributed by atoms with van der Waals surface area (Å²) in [6.07, 6.45) is 0. The molecule has 7 heteroatoms. The number of rotatable bonds is 5. The van der Waals surface area contributed by atoms with E-state index in [9.17, 15) is 19.3 Å². The highest BCUT2D eigenvalue weighted by atomic mass is 19.1. The molecule has 0 amide bonds. The Morgan fingerprint density at radius 2 is 2.05 bits per heavy atom. The van der Waals surface area contributed by atoms with Crippen LogP contribution in [0.1, 0.15) is 15.9 Å². The lowest BCUT2D eigenvalue weighted by atomic mass is 10.2. The van der Waals surface area contributed by atoms with Crippen molar-refractivity contribution in [1.29, 1.82) is 0 Å². The first-order valence-corrected chi connectivity index (χ1v) is 5.86. The van der Waals surface area contributed by atoms with Gasteiger partial charge in [0.15, 0.2) is 0 Å². The fourth-order valence-corrected chi connectivity index (χ4v) is 1.67. The van der Waals surface area contributed by atoms with Gasteiger partial charge < -0.3 is 9.84 Å². The maximum absolute atomic E-state index is 13.4. The minimum Gasteiger partial charge on any atom is -0.489 e. The molecule has 0 saturated heterocycles. The summed E-state index contributed by atoms with van der Waals surface area (Å²) in [6.45, 7) is -0.0298. The van der Waals surface area contributed by atoms with Crippen molar-refractivity contribution in [2.24, 2.45) is 0 Å². The average Bonchev–Trinajstić information content (AvgIpc) is 2.45. The lowest BCUT2D eigenvalue weighted by Crippen LogP contribution is -2.00. The van der Waals surface area contributed by atoms with Crippen molar-refractivity contribution in [2.75, 3.05) is 0 Å². The molecule has 0 aliphatic carbocycles. The Balaban J connectivity index is 2.10. The van der Waals surface area contributed by atoms with Gasteiger partial charge in [-0.2, -0.15) is 4.39 Å². The van der Waals surface area contributed by atoms with Crippen LogP contribution in [0.2, 0.25) is 0 Å². The van der Waals surface area contributed by atoms with Crippen LogP contribution in [-0.4, -0.2) is 16.0 Å². The normalized spacial score (nSPS) is 10.1. The van der Waals surface area contributed by atoms with E-state index in [1.807, 2.05) is 0 Å². The summed E-state index contributed by atoms with van der Waals surface area (Å²) < 4.78 is 18.8. The number of carboxylic acid groups (broad SMARTS) is 1. The molecule has 0 bridgehead atoms. The van der Waals surface area contributed by atoms with Gasteiger partial charge in [0.25, 0.3) is 0 Å². The van der Waals surface area contributed by atoms with Gasteiger partial charge in [-0.25, -0.2) is 4.79 Å². The highest BCUT2D eigenvalue weighted by Crippen LogP contribution is 2.20. The van der Waals surface area contributed by atoms with E-state index in [0.29, 0.717) is 11.3 Å². The van der Waals surface area contributed by atoms with Gasteiger partial charge in [-0.1, -0.05) is 6.07 Å². The van der Waals surface area contributed by atoms with E-state index in [2.05, 4.69) is 0 Å². The van der Waals surface area contributed by atoms with E-state index in [-0.39, 0.29) is 12.2 Å². The Bertz CT molecular complexity index is 702. The summed E-state index contributed by atoms with van der Waals surface area (Å²) in [5.74, 6) is -1.71. The zero-order valence-corrected chi connectivity index (χ0v) is 10.7. The third-order valence-corrected chi connectivity index (χ3v) is 2.70. The Kier molecular flexibility index (Phi) is 4.13. The van der Waals surface area contributed by atoms with Gasteiger partial charge in [0.2, 0.25) is 5.82 Å². The molecule has 6 nitrogen and oxygen atoms in total. The second kappa shape index (κ2) is 6.00. The van der Waals surface area contributed by atoms with Crippen molar-refractivity contribution < 1.29 is 24.0 Å². The van der Waals surface area contributed by atoms with Crippen molar-refractivity contribution >= 4 is 11.7 Å². The number of hydrogen-bond acceptors (Lipinski definition) is 4. The Morgan fingerprint density at radius 3 is 2.67 bits per heavy atom. The second-order valence-corrected chi connectivity index (χ2v) is 4.16. The van der Waals surface area contributed by atoms with E-state index in [1.54, 1.807) is 6.07 Å². The number of hydrogen-bond donors (Lipinski definition) is 1. The average molecular weight is 291 g/mol. The van der Waals surface area contributed by atoms with Crippen LogP contribution in [-0.2, 0) is 6.61 Å². The van der Waals surface area contributed by atoms with Crippen LogP contribution in [0, 0.1) is 15.9 Å². The largest absolute Gasteiger partial charge is 0.489 e. The predicted octanol–water partition coefficient (Wildman–Crippen LogP) is 3.01. The molecule has 0 aromatic heterocycles. The maximum atomic E-state index is 13.4. The van der Waals surface area contributed by atoms with E-state index in [4.69, 9.17) is 9.84 Å². The fourth-order valence-electron chi connectivity index (χ4n) is 1.67. The van der Waals surface area contributed by atoms with E-state index >= 15 is 0 Å². The Morgan fingerprint density at radius 1 is 1.29 bits per heavy atom. The molecule has 0 aliphatic heterocycles. The topological polar surface area (TPSA) is 89.7 Å². The van der Waals surface area contributed by atoms with Gasteiger partial charge in [0.05, 0.1) is 10.5 Å². The van der Waals surface area contributed by atoms with E-state index in [0.717, 1.165) is 12.1 Å². The van der Waals surface area contributed by atoms with Crippen molar-refractivity contribution in [1.82, 2.24) is 0 Å². The number of halogens is 1. The predicted molar refractivity (Wildman–Crippen MR) is 70.8 cm³/mol. The van der Waals surface area contributed by atoms with Gasteiger partial charge in [-0.05, 0) is 35.9 Å². The van der Waals surface area contributed by atoms with Crippen LogP contribution in [0.5, 0.6) is 5.75 Å². The molecule has 1 N–H and O–H groups in total. The molecular weight excluding hydrogens is 281 g/mol. The van der Waals surface area contributed by atoms with Crippen LogP contribution in [0.15, 0.2) is 42.5 Å². The number of carboxylic acids is 1. The van der Waals surface area contributed by atoms with Crippen molar-refractivity contribution in [3.05, 3.63) is 69.5 Å². The minimum absolute atomic E-state index is 0.0298. The van der Waals surface area contributed by atoms with Crippen molar-refractivity contribution in [3.8, 4) is 5.75 Å². The molecule has 0 spiro atoms. The molecule has 0 unspecified atom stereocenters. The third kappa shape index (κ3) is 3.53. The lowest BCUT2D eigenvalue weighted by molar-refractivity contribution is -0.387. The van der Waals surface area contributed by atoms with Crippen molar-refractivity contribution in [3.63, 3.8) is 0 Å². The first kappa shape index (κ1) is 14.4. The number of aromatic carboxylic acids is 1. The summed E-state index contributed by atoms with van der Waals surface area (Å²) in [6, 6.07) is 9.29. The molecule has 2 rings (SSSR count). The van der Waals surface area contributed by atoms with Gasteiger partial charge in [0.1, 0.15) is 12.4 Å². The zero-order valence-electron chi connectivity index (χ0n) is 10.7.